The Balaban J connectivity index is 2.11. The highest BCUT2D eigenvalue weighted by Crippen LogP contribution is 2.39. The van der Waals surface area contributed by atoms with Crippen LogP contribution in [-0.4, -0.2) is 23.6 Å². The van der Waals surface area contributed by atoms with Crippen molar-refractivity contribution in [3.63, 3.8) is 0 Å². The van der Waals surface area contributed by atoms with Crippen LogP contribution in [0.3, 0.4) is 0 Å². The van der Waals surface area contributed by atoms with Crippen LogP contribution in [0.25, 0.3) is 10.8 Å². The number of benzene rings is 2. The molecule has 1 fully saturated rings. The highest BCUT2D eigenvalue weighted by molar-refractivity contribution is 5.88. The fourth-order valence-corrected chi connectivity index (χ4v) is 2.79. The van der Waals surface area contributed by atoms with Crippen molar-refractivity contribution in [3.8, 4) is 6.07 Å². The first-order valence-corrected chi connectivity index (χ1v) is 6.96. The Hall–Kier alpha value is -2.59. The van der Waals surface area contributed by atoms with Crippen LogP contribution in [0, 0.1) is 11.3 Å². The SMILES string of the molecule is N#Cc1cccc2ccc([C@H](N3CCC(=O)N3)C(F)(F)F)cc12. The first-order chi connectivity index (χ1) is 10.9. The smallest absolute Gasteiger partial charge is 0.288 e. The van der Waals surface area contributed by atoms with Crippen molar-refractivity contribution in [1.82, 2.24) is 10.4 Å². The third-order valence-corrected chi connectivity index (χ3v) is 3.81. The van der Waals surface area contributed by atoms with Gasteiger partial charge in [-0.05, 0) is 28.5 Å². The minimum absolute atomic E-state index is 0.00472. The maximum atomic E-state index is 13.5. The van der Waals surface area contributed by atoms with E-state index in [1.807, 2.05) is 6.07 Å². The Morgan fingerprint density at radius 1 is 1.26 bits per heavy atom. The lowest BCUT2D eigenvalue weighted by molar-refractivity contribution is -0.191. The van der Waals surface area contributed by atoms with Gasteiger partial charge in [0.2, 0.25) is 5.91 Å². The van der Waals surface area contributed by atoms with Crippen molar-refractivity contribution in [2.24, 2.45) is 0 Å². The Labute approximate surface area is 130 Å². The van der Waals surface area contributed by atoms with Gasteiger partial charge in [-0.2, -0.15) is 18.4 Å². The number of carbonyl (C=O) groups excluding carboxylic acids is 1. The molecule has 1 amide bonds. The van der Waals surface area contributed by atoms with E-state index in [1.165, 1.54) is 12.1 Å². The maximum absolute atomic E-state index is 13.5. The molecule has 0 aliphatic carbocycles. The third kappa shape index (κ3) is 2.85. The molecule has 4 nitrogen and oxygen atoms in total. The lowest BCUT2D eigenvalue weighted by atomic mass is 9.98. The van der Waals surface area contributed by atoms with E-state index < -0.39 is 18.1 Å². The van der Waals surface area contributed by atoms with Crippen LogP contribution < -0.4 is 5.43 Å². The van der Waals surface area contributed by atoms with Crippen molar-refractivity contribution in [2.75, 3.05) is 6.54 Å². The van der Waals surface area contributed by atoms with Gasteiger partial charge in [-0.1, -0.05) is 24.3 Å². The molecule has 0 spiro atoms. The fraction of sp³-hybridized carbons (Fsp3) is 0.250. The number of hydrogen-bond donors (Lipinski definition) is 1. The number of fused-ring (bicyclic) bond motifs is 1. The van der Waals surface area contributed by atoms with E-state index in [1.54, 1.807) is 24.3 Å². The van der Waals surface area contributed by atoms with Crippen LogP contribution in [0.4, 0.5) is 13.2 Å². The van der Waals surface area contributed by atoms with Crippen molar-refractivity contribution >= 4 is 16.7 Å². The number of nitriles is 1. The average Bonchev–Trinajstić information content (AvgIpc) is 2.91. The number of rotatable bonds is 2. The van der Waals surface area contributed by atoms with Crippen molar-refractivity contribution < 1.29 is 18.0 Å². The molecule has 3 rings (SSSR count). The monoisotopic (exact) mass is 319 g/mol. The van der Waals surface area contributed by atoms with E-state index >= 15 is 0 Å². The van der Waals surface area contributed by atoms with Crippen LogP contribution in [0.2, 0.25) is 0 Å². The van der Waals surface area contributed by atoms with Crippen molar-refractivity contribution in [1.29, 1.82) is 5.26 Å². The molecular formula is C16H12F3N3O. The van der Waals surface area contributed by atoms with E-state index in [2.05, 4.69) is 5.43 Å². The van der Waals surface area contributed by atoms with Crippen LogP contribution in [0.15, 0.2) is 36.4 Å². The highest BCUT2D eigenvalue weighted by Gasteiger charge is 2.46. The van der Waals surface area contributed by atoms with E-state index in [0.717, 1.165) is 5.01 Å². The zero-order valence-electron chi connectivity index (χ0n) is 11.9. The zero-order valence-corrected chi connectivity index (χ0v) is 11.9. The van der Waals surface area contributed by atoms with Gasteiger partial charge in [0.15, 0.2) is 0 Å². The first-order valence-electron chi connectivity index (χ1n) is 6.96. The standard InChI is InChI=1S/C16H12F3N3O/c17-16(18,19)15(22-7-6-14(23)21-22)11-5-4-10-2-1-3-12(9-20)13(10)8-11/h1-5,8,15H,6-7H2,(H,21,23)/t15-/m0/s1. The van der Waals surface area contributed by atoms with Gasteiger partial charge >= 0.3 is 6.18 Å². The summed E-state index contributed by atoms with van der Waals surface area (Å²) in [5.74, 6) is -0.433. The number of nitrogens with zero attached hydrogens (tertiary/aromatic N) is 2. The van der Waals surface area contributed by atoms with Crippen LogP contribution in [0.1, 0.15) is 23.6 Å². The molecule has 1 aliphatic heterocycles. The summed E-state index contributed by atoms with van der Waals surface area (Å²) >= 11 is 0. The van der Waals surface area contributed by atoms with E-state index in [-0.39, 0.29) is 18.5 Å². The van der Waals surface area contributed by atoms with Gasteiger partial charge < -0.3 is 0 Å². The molecule has 1 N–H and O–H groups in total. The quantitative estimate of drug-likeness (QED) is 0.925. The van der Waals surface area contributed by atoms with Crippen LogP contribution in [-0.2, 0) is 4.79 Å². The second kappa shape index (κ2) is 5.56. The van der Waals surface area contributed by atoms with Crippen LogP contribution in [0.5, 0.6) is 0 Å². The van der Waals surface area contributed by atoms with Crippen molar-refractivity contribution in [3.05, 3.63) is 47.5 Å². The van der Waals surface area contributed by atoms with Gasteiger partial charge in [0.1, 0.15) is 6.04 Å². The summed E-state index contributed by atoms with van der Waals surface area (Å²) < 4.78 is 40.5. The minimum atomic E-state index is -4.55. The van der Waals surface area contributed by atoms with Gasteiger partial charge in [-0.3, -0.25) is 10.2 Å². The molecule has 7 heteroatoms. The number of amides is 1. The summed E-state index contributed by atoms with van der Waals surface area (Å²) in [7, 11) is 0. The molecule has 0 unspecified atom stereocenters. The predicted octanol–water partition coefficient (Wildman–Crippen LogP) is 3.05. The molecule has 1 saturated heterocycles. The Morgan fingerprint density at radius 2 is 2.04 bits per heavy atom. The second-order valence-electron chi connectivity index (χ2n) is 5.32. The first kappa shape index (κ1) is 15.3. The molecule has 2 aromatic carbocycles. The number of halogens is 3. The molecule has 2 aromatic rings. The summed E-state index contributed by atoms with van der Waals surface area (Å²) in [6.07, 6.45) is -4.52. The summed E-state index contributed by atoms with van der Waals surface area (Å²) in [5.41, 5.74) is 2.56. The number of hydrazine groups is 1. The Kier molecular flexibility index (Phi) is 3.70. The lowest BCUT2D eigenvalue weighted by Crippen LogP contribution is -2.43. The molecule has 1 aliphatic rings. The molecule has 118 valence electrons. The largest absolute Gasteiger partial charge is 0.409 e. The molecule has 0 bridgehead atoms. The third-order valence-electron chi connectivity index (χ3n) is 3.81. The van der Waals surface area contributed by atoms with Gasteiger partial charge in [0.25, 0.3) is 0 Å². The number of alkyl halides is 3. The molecule has 0 radical (unpaired) electrons. The normalized spacial score (nSPS) is 17.0. The van der Waals surface area contributed by atoms with Gasteiger partial charge in [0.05, 0.1) is 11.6 Å². The predicted molar refractivity (Wildman–Crippen MR) is 76.9 cm³/mol. The number of nitrogens with one attached hydrogen (secondary N) is 1. The summed E-state index contributed by atoms with van der Waals surface area (Å²) in [5, 5.41) is 11.2. The van der Waals surface area contributed by atoms with Crippen LogP contribution >= 0.6 is 0 Å². The molecule has 23 heavy (non-hydrogen) atoms. The summed E-state index contributed by atoms with van der Waals surface area (Å²) in [6, 6.07) is 9.34. The Bertz CT molecular complexity index is 810. The minimum Gasteiger partial charge on any atom is -0.288 e. The molecule has 0 aromatic heterocycles. The zero-order chi connectivity index (χ0) is 16.6. The fourth-order valence-electron chi connectivity index (χ4n) is 2.79. The topological polar surface area (TPSA) is 56.1 Å². The second-order valence-corrected chi connectivity index (χ2v) is 5.32. The number of hydrogen-bond acceptors (Lipinski definition) is 3. The summed E-state index contributed by atoms with van der Waals surface area (Å²) in [4.78, 5) is 11.3. The Morgan fingerprint density at radius 3 is 2.65 bits per heavy atom. The van der Waals surface area contributed by atoms with Gasteiger partial charge in [0, 0.05) is 13.0 Å². The highest BCUT2D eigenvalue weighted by atomic mass is 19.4. The number of carbonyl (C=O) groups is 1. The molecule has 1 heterocycles. The van der Waals surface area contributed by atoms with E-state index in [9.17, 15) is 18.0 Å². The molecule has 0 saturated carbocycles. The molecule has 1 atom stereocenters. The van der Waals surface area contributed by atoms with E-state index in [0.29, 0.717) is 16.3 Å². The summed E-state index contributed by atoms with van der Waals surface area (Å²) in [6.45, 7) is -0.0130. The van der Waals surface area contributed by atoms with Crippen molar-refractivity contribution in [2.45, 2.75) is 18.6 Å². The lowest BCUT2D eigenvalue weighted by Gasteiger charge is -2.29. The average molecular weight is 319 g/mol. The maximum Gasteiger partial charge on any atom is 0.409 e. The van der Waals surface area contributed by atoms with Gasteiger partial charge in [-0.15, -0.1) is 0 Å². The molecular weight excluding hydrogens is 307 g/mol. The van der Waals surface area contributed by atoms with E-state index in [4.69, 9.17) is 5.26 Å². The van der Waals surface area contributed by atoms with Gasteiger partial charge in [-0.25, -0.2) is 5.01 Å².